The van der Waals surface area contributed by atoms with Gasteiger partial charge in [0.2, 0.25) is 0 Å². The van der Waals surface area contributed by atoms with E-state index >= 15 is 0 Å². The first kappa shape index (κ1) is 18.0. The Labute approximate surface area is 127 Å². The lowest BCUT2D eigenvalue weighted by molar-refractivity contribution is 0.0809. The monoisotopic (exact) mass is 282 g/mol. The molecule has 2 nitrogen and oxygen atoms in total. The van der Waals surface area contributed by atoms with Gasteiger partial charge < -0.3 is 5.32 Å². The fraction of sp³-hybridized carbons (Fsp3) is 1.00. The average Bonchev–Trinajstić information content (AvgIpc) is 2.39. The molecule has 1 N–H and O–H groups in total. The Bertz CT molecular complexity index is 252. The van der Waals surface area contributed by atoms with Gasteiger partial charge in [0.05, 0.1) is 0 Å². The highest BCUT2D eigenvalue weighted by molar-refractivity contribution is 4.89. The van der Waals surface area contributed by atoms with E-state index < -0.39 is 0 Å². The van der Waals surface area contributed by atoms with Crippen molar-refractivity contribution < 1.29 is 0 Å². The molecule has 1 rings (SSSR count). The minimum absolute atomic E-state index is 0.692. The van der Waals surface area contributed by atoms with Crippen molar-refractivity contribution in [3.05, 3.63) is 0 Å². The van der Waals surface area contributed by atoms with Crippen LogP contribution in [0.25, 0.3) is 0 Å². The number of hydrogen-bond donors (Lipinski definition) is 1. The van der Waals surface area contributed by atoms with E-state index in [-0.39, 0.29) is 0 Å². The van der Waals surface area contributed by atoms with Gasteiger partial charge in [-0.2, -0.15) is 0 Å². The number of hydrogen-bond acceptors (Lipinski definition) is 2. The van der Waals surface area contributed by atoms with Crippen LogP contribution in [0.15, 0.2) is 0 Å². The minimum Gasteiger partial charge on any atom is -0.311 e. The van der Waals surface area contributed by atoms with Gasteiger partial charge in [0.25, 0.3) is 0 Å². The Balaban J connectivity index is 2.62. The molecule has 20 heavy (non-hydrogen) atoms. The summed E-state index contributed by atoms with van der Waals surface area (Å²) in [6.07, 6.45) is 5.30. The molecule has 0 aliphatic carbocycles. The van der Waals surface area contributed by atoms with Crippen molar-refractivity contribution in [1.82, 2.24) is 10.2 Å². The first-order valence-electron chi connectivity index (χ1n) is 8.95. The quantitative estimate of drug-likeness (QED) is 0.719. The van der Waals surface area contributed by atoms with E-state index in [9.17, 15) is 0 Å². The molecule has 2 heteroatoms. The predicted octanol–water partition coefficient (Wildman–Crippen LogP) is 4.16. The summed E-state index contributed by atoms with van der Waals surface area (Å²) in [6, 6.07) is 1.44. The Kier molecular flexibility index (Phi) is 8.13. The summed E-state index contributed by atoms with van der Waals surface area (Å²) in [4.78, 5) is 2.80. The first-order valence-corrected chi connectivity index (χ1v) is 8.95. The van der Waals surface area contributed by atoms with Crippen molar-refractivity contribution in [2.45, 2.75) is 79.3 Å². The van der Waals surface area contributed by atoms with Crippen LogP contribution in [-0.4, -0.2) is 36.6 Å². The van der Waals surface area contributed by atoms with Gasteiger partial charge in [0.15, 0.2) is 0 Å². The van der Waals surface area contributed by atoms with E-state index in [1.807, 2.05) is 0 Å². The zero-order chi connectivity index (χ0) is 15.1. The maximum Gasteiger partial charge on any atom is 0.0223 e. The molecule has 0 radical (unpaired) electrons. The van der Waals surface area contributed by atoms with Gasteiger partial charge >= 0.3 is 0 Å². The van der Waals surface area contributed by atoms with Crippen LogP contribution in [0.2, 0.25) is 0 Å². The van der Waals surface area contributed by atoms with Crippen LogP contribution in [0.4, 0.5) is 0 Å². The smallest absolute Gasteiger partial charge is 0.0223 e. The molecule has 0 bridgehead atoms. The third kappa shape index (κ3) is 5.73. The standard InChI is InChI=1S/C18H38N2/c1-7-9-15(5)12-20-13-18(16(6)8-2)19-11-17(20)10-14(3)4/h14-19H,7-13H2,1-6H3. The molecular formula is C18H38N2. The topological polar surface area (TPSA) is 15.3 Å². The molecule has 4 unspecified atom stereocenters. The van der Waals surface area contributed by atoms with Gasteiger partial charge in [-0.3, -0.25) is 4.90 Å². The molecule has 1 heterocycles. The summed E-state index contributed by atoms with van der Waals surface area (Å²) in [5, 5.41) is 3.82. The van der Waals surface area contributed by atoms with Crippen LogP contribution >= 0.6 is 0 Å². The SMILES string of the molecule is CCCC(C)CN1CC(C(C)CC)NCC1CC(C)C. The average molecular weight is 283 g/mol. The van der Waals surface area contributed by atoms with Crippen molar-refractivity contribution in [1.29, 1.82) is 0 Å². The summed E-state index contributed by atoms with van der Waals surface area (Å²) in [5.41, 5.74) is 0. The molecule has 0 amide bonds. The van der Waals surface area contributed by atoms with E-state index in [1.165, 1.54) is 45.3 Å². The van der Waals surface area contributed by atoms with Gasteiger partial charge in [0.1, 0.15) is 0 Å². The van der Waals surface area contributed by atoms with Crippen LogP contribution in [0.3, 0.4) is 0 Å². The number of rotatable bonds is 8. The lowest BCUT2D eigenvalue weighted by Gasteiger charge is -2.44. The van der Waals surface area contributed by atoms with Crippen molar-refractivity contribution in [3.63, 3.8) is 0 Å². The molecule has 1 fully saturated rings. The van der Waals surface area contributed by atoms with Crippen LogP contribution in [0.5, 0.6) is 0 Å². The van der Waals surface area contributed by atoms with E-state index in [0.29, 0.717) is 6.04 Å². The fourth-order valence-electron chi connectivity index (χ4n) is 3.53. The first-order chi connectivity index (χ1) is 9.47. The Morgan fingerprint density at radius 3 is 2.40 bits per heavy atom. The highest BCUT2D eigenvalue weighted by atomic mass is 15.2. The van der Waals surface area contributed by atoms with Crippen LogP contribution < -0.4 is 5.32 Å². The van der Waals surface area contributed by atoms with Gasteiger partial charge in [-0.15, -0.1) is 0 Å². The third-order valence-corrected chi connectivity index (χ3v) is 4.97. The minimum atomic E-state index is 0.692. The number of nitrogens with zero attached hydrogens (tertiary/aromatic N) is 1. The Morgan fingerprint density at radius 2 is 1.85 bits per heavy atom. The molecule has 1 aliphatic rings. The molecule has 0 aromatic rings. The van der Waals surface area contributed by atoms with Gasteiger partial charge in [-0.1, -0.05) is 54.4 Å². The van der Waals surface area contributed by atoms with Crippen molar-refractivity contribution >= 4 is 0 Å². The van der Waals surface area contributed by atoms with E-state index in [4.69, 9.17) is 0 Å². The molecule has 0 spiro atoms. The lowest BCUT2D eigenvalue weighted by atomic mass is 9.91. The largest absolute Gasteiger partial charge is 0.311 e. The van der Waals surface area contributed by atoms with Gasteiger partial charge in [-0.25, -0.2) is 0 Å². The second-order valence-corrected chi connectivity index (χ2v) is 7.53. The van der Waals surface area contributed by atoms with Crippen molar-refractivity contribution in [3.8, 4) is 0 Å². The Hall–Kier alpha value is -0.0800. The molecule has 120 valence electrons. The van der Waals surface area contributed by atoms with Crippen LogP contribution in [-0.2, 0) is 0 Å². The lowest BCUT2D eigenvalue weighted by Crippen LogP contribution is -2.59. The second kappa shape index (κ2) is 9.04. The third-order valence-electron chi connectivity index (χ3n) is 4.97. The van der Waals surface area contributed by atoms with Gasteiger partial charge in [0, 0.05) is 31.7 Å². The predicted molar refractivity (Wildman–Crippen MR) is 90.1 cm³/mol. The molecule has 1 aliphatic heterocycles. The molecule has 0 aromatic carbocycles. The molecule has 0 saturated carbocycles. The summed E-state index contributed by atoms with van der Waals surface area (Å²) in [5.74, 6) is 2.43. The summed E-state index contributed by atoms with van der Waals surface area (Å²) < 4.78 is 0. The second-order valence-electron chi connectivity index (χ2n) is 7.53. The summed E-state index contributed by atoms with van der Waals surface area (Å²) >= 11 is 0. The van der Waals surface area contributed by atoms with Crippen LogP contribution in [0, 0.1) is 17.8 Å². The molecule has 1 saturated heterocycles. The number of piperazine rings is 1. The highest BCUT2D eigenvalue weighted by Crippen LogP contribution is 2.21. The van der Waals surface area contributed by atoms with E-state index in [2.05, 4.69) is 51.8 Å². The summed E-state index contributed by atoms with van der Waals surface area (Å²) in [7, 11) is 0. The molecule has 4 atom stereocenters. The van der Waals surface area contributed by atoms with Crippen LogP contribution in [0.1, 0.15) is 67.2 Å². The summed E-state index contributed by atoms with van der Waals surface area (Å²) in [6.45, 7) is 17.9. The molecular weight excluding hydrogens is 244 g/mol. The maximum atomic E-state index is 3.82. The highest BCUT2D eigenvalue weighted by Gasteiger charge is 2.30. The van der Waals surface area contributed by atoms with Gasteiger partial charge in [-0.05, 0) is 30.6 Å². The maximum absolute atomic E-state index is 3.82. The zero-order valence-electron chi connectivity index (χ0n) is 14.8. The van der Waals surface area contributed by atoms with Crippen molar-refractivity contribution in [2.24, 2.45) is 17.8 Å². The van der Waals surface area contributed by atoms with E-state index in [0.717, 1.165) is 23.8 Å². The van der Waals surface area contributed by atoms with Crippen molar-refractivity contribution in [2.75, 3.05) is 19.6 Å². The Morgan fingerprint density at radius 1 is 1.15 bits per heavy atom. The fourth-order valence-corrected chi connectivity index (χ4v) is 3.53. The normalized spacial score (nSPS) is 27.8. The number of nitrogens with one attached hydrogen (secondary N) is 1. The molecule has 0 aromatic heterocycles. The zero-order valence-corrected chi connectivity index (χ0v) is 14.8. The van der Waals surface area contributed by atoms with E-state index in [1.54, 1.807) is 0 Å².